The highest BCUT2D eigenvalue weighted by Gasteiger charge is 2.28. The summed E-state index contributed by atoms with van der Waals surface area (Å²) in [5.74, 6) is 0. The van der Waals surface area contributed by atoms with Gasteiger partial charge in [0.05, 0.1) is 11.0 Å². The van der Waals surface area contributed by atoms with E-state index in [0.29, 0.717) is 15.9 Å². The van der Waals surface area contributed by atoms with Gasteiger partial charge in [0, 0.05) is 43.2 Å². The van der Waals surface area contributed by atoms with Gasteiger partial charge < -0.3 is 10.0 Å². The third kappa shape index (κ3) is 3.11. The van der Waals surface area contributed by atoms with Crippen molar-refractivity contribution < 1.29 is 10.0 Å². The monoisotopic (exact) mass is 299 g/mol. The number of piperazine rings is 1. The zero-order valence-electron chi connectivity index (χ0n) is 12.1. The number of rotatable bonds is 4. The molecule has 2 rings (SSSR count). The van der Waals surface area contributed by atoms with Gasteiger partial charge in [-0.25, -0.2) is 0 Å². The van der Waals surface area contributed by atoms with Gasteiger partial charge in [-0.05, 0) is 20.8 Å². The first-order valence-electron chi connectivity index (χ1n) is 6.85. The quantitative estimate of drug-likeness (QED) is 0.682. The molecule has 2 heterocycles. The fraction of sp³-hybridized carbons (Fsp3) is 0.692. The molecule has 20 heavy (non-hydrogen) atoms. The van der Waals surface area contributed by atoms with Crippen LogP contribution in [-0.4, -0.2) is 47.2 Å². The van der Waals surface area contributed by atoms with Gasteiger partial charge in [0.2, 0.25) is 0 Å². The molecule has 1 aliphatic rings. The standard InChI is InChI=1S/C13H21N3O3S/c1-9(2)14-4-6-15(7-5-14)13-11(16(18)19)8-12(20-13)10(3)17/h8-10,17H,4-7H2,1-3H3/t10-/m0/s1. The van der Waals surface area contributed by atoms with E-state index in [1.54, 1.807) is 6.92 Å². The Kier molecular flexibility index (Phi) is 4.62. The topological polar surface area (TPSA) is 69.8 Å². The van der Waals surface area contributed by atoms with Crippen LogP contribution in [0.2, 0.25) is 0 Å². The SMILES string of the molecule is CC(C)N1CCN(c2sc([C@H](C)O)cc2[N+](=O)[O-])CC1. The maximum atomic E-state index is 11.2. The molecule has 6 nitrogen and oxygen atoms in total. The fourth-order valence-corrected chi connectivity index (χ4v) is 3.51. The molecule has 1 saturated heterocycles. The van der Waals surface area contributed by atoms with E-state index < -0.39 is 6.10 Å². The van der Waals surface area contributed by atoms with Gasteiger partial charge >= 0.3 is 5.69 Å². The number of hydrogen-bond donors (Lipinski definition) is 1. The van der Waals surface area contributed by atoms with E-state index in [-0.39, 0.29) is 10.6 Å². The summed E-state index contributed by atoms with van der Waals surface area (Å²) in [7, 11) is 0. The van der Waals surface area contributed by atoms with Crippen LogP contribution in [0.5, 0.6) is 0 Å². The maximum Gasteiger partial charge on any atom is 0.304 e. The number of aliphatic hydroxyl groups excluding tert-OH is 1. The predicted octanol–water partition coefficient (Wildman–Crippen LogP) is 2.24. The van der Waals surface area contributed by atoms with Crippen molar-refractivity contribution in [1.82, 2.24) is 4.90 Å². The number of aliphatic hydroxyl groups is 1. The summed E-state index contributed by atoms with van der Waals surface area (Å²) < 4.78 is 0. The molecule has 7 heteroatoms. The number of anilines is 1. The lowest BCUT2D eigenvalue weighted by molar-refractivity contribution is -0.383. The molecule has 0 unspecified atom stereocenters. The summed E-state index contributed by atoms with van der Waals surface area (Å²) in [5, 5.41) is 21.5. The van der Waals surface area contributed by atoms with Crippen LogP contribution in [0, 0.1) is 10.1 Å². The van der Waals surface area contributed by atoms with Crippen LogP contribution in [-0.2, 0) is 0 Å². The Morgan fingerprint density at radius 3 is 2.35 bits per heavy atom. The van der Waals surface area contributed by atoms with Crippen molar-refractivity contribution in [3.63, 3.8) is 0 Å². The van der Waals surface area contributed by atoms with E-state index in [9.17, 15) is 15.2 Å². The Balaban J connectivity index is 2.18. The molecule has 0 spiro atoms. The Labute approximate surface area is 122 Å². The second-order valence-corrected chi connectivity index (χ2v) is 6.45. The molecule has 1 atom stereocenters. The Bertz CT molecular complexity index is 479. The van der Waals surface area contributed by atoms with Crippen molar-refractivity contribution in [1.29, 1.82) is 0 Å². The van der Waals surface area contributed by atoms with Gasteiger partial charge in [0.1, 0.15) is 0 Å². The van der Waals surface area contributed by atoms with Crippen molar-refractivity contribution in [3.05, 3.63) is 21.1 Å². The molecule has 0 amide bonds. The highest BCUT2D eigenvalue weighted by molar-refractivity contribution is 7.16. The van der Waals surface area contributed by atoms with E-state index >= 15 is 0 Å². The molecular formula is C13H21N3O3S. The average Bonchev–Trinajstić information content (AvgIpc) is 2.84. The lowest BCUT2D eigenvalue weighted by Crippen LogP contribution is -2.48. The molecule has 0 aromatic carbocycles. The van der Waals surface area contributed by atoms with Crippen LogP contribution in [0.1, 0.15) is 31.8 Å². The minimum absolute atomic E-state index is 0.115. The van der Waals surface area contributed by atoms with Crippen LogP contribution in [0.3, 0.4) is 0 Å². The van der Waals surface area contributed by atoms with Crippen molar-refractivity contribution >= 4 is 22.0 Å². The Morgan fingerprint density at radius 1 is 1.30 bits per heavy atom. The lowest BCUT2D eigenvalue weighted by atomic mass is 10.2. The minimum Gasteiger partial charge on any atom is -0.388 e. The van der Waals surface area contributed by atoms with E-state index in [0.717, 1.165) is 26.2 Å². The van der Waals surface area contributed by atoms with Gasteiger partial charge in [-0.2, -0.15) is 0 Å². The zero-order valence-corrected chi connectivity index (χ0v) is 12.9. The summed E-state index contributed by atoms with van der Waals surface area (Å²) >= 11 is 1.33. The van der Waals surface area contributed by atoms with Crippen molar-refractivity contribution in [3.8, 4) is 0 Å². The second kappa shape index (κ2) is 6.07. The molecule has 1 fully saturated rings. The first-order valence-corrected chi connectivity index (χ1v) is 7.67. The Morgan fingerprint density at radius 2 is 1.90 bits per heavy atom. The van der Waals surface area contributed by atoms with Crippen LogP contribution >= 0.6 is 11.3 Å². The summed E-state index contributed by atoms with van der Waals surface area (Å²) in [6.45, 7) is 9.37. The third-order valence-corrected chi connectivity index (χ3v) is 5.01. The molecule has 1 aliphatic heterocycles. The van der Waals surface area contributed by atoms with E-state index in [4.69, 9.17) is 0 Å². The van der Waals surface area contributed by atoms with Crippen LogP contribution in [0.15, 0.2) is 6.07 Å². The number of nitro groups is 1. The molecular weight excluding hydrogens is 278 g/mol. The number of hydrogen-bond acceptors (Lipinski definition) is 6. The summed E-state index contributed by atoms with van der Waals surface area (Å²) in [5.41, 5.74) is 0.115. The molecule has 0 radical (unpaired) electrons. The van der Waals surface area contributed by atoms with Crippen molar-refractivity contribution in [2.75, 3.05) is 31.1 Å². The molecule has 1 aromatic rings. The van der Waals surface area contributed by atoms with E-state index in [1.807, 2.05) is 0 Å². The molecule has 1 aromatic heterocycles. The summed E-state index contributed by atoms with van der Waals surface area (Å²) in [6, 6.07) is 2.00. The lowest BCUT2D eigenvalue weighted by Gasteiger charge is -2.37. The minimum atomic E-state index is -0.663. The molecule has 112 valence electrons. The molecule has 0 bridgehead atoms. The zero-order chi connectivity index (χ0) is 14.9. The largest absolute Gasteiger partial charge is 0.388 e. The third-order valence-electron chi connectivity index (χ3n) is 3.65. The highest BCUT2D eigenvalue weighted by atomic mass is 32.1. The normalized spacial score (nSPS) is 18.6. The fourth-order valence-electron chi connectivity index (χ4n) is 2.39. The predicted molar refractivity (Wildman–Crippen MR) is 80.5 cm³/mol. The van der Waals surface area contributed by atoms with Crippen molar-refractivity contribution in [2.24, 2.45) is 0 Å². The van der Waals surface area contributed by atoms with Crippen LogP contribution in [0.4, 0.5) is 10.7 Å². The highest BCUT2D eigenvalue weighted by Crippen LogP contribution is 2.40. The van der Waals surface area contributed by atoms with Crippen LogP contribution in [0.25, 0.3) is 0 Å². The summed E-state index contributed by atoms with van der Waals surface area (Å²) in [4.78, 5) is 15.9. The number of thiophene rings is 1. The van der Waals surface area contributed by atoms with Gasteiger partial charge in [0.15, 0.2) is 5.00 Å². The smallest absolute Gasteiger partial charge is 0.304 e. The van der Waals surface area contributed by atoms with E-state index in [2.05, 4.69) is 23.6 Å². The van der Waals surface area contributed by atoms with Gasteiger partial charge in [-0.3, -0.25) is 15.0 Å². The van der Waals surface area contributed by atoms with Gasteiger partial charge in [-0.15, -0.1) is 11.3 Å². The van der Waals surface area contributed by atoms with Crippen LogP contribution < -0.4 is 4.90 Å². The molecule has 0 aliphatic carbocycles. The summed E-state index contributed by atoms with van der Waals surface area (Å²) in [6.07, 6.45) is -0.663. The van der Waals surface area contributed by atoms with Crippen molar-refractivity contribution in [2.45, 2.75) is 32.9 Å². The first-order chi connectivity index (χ1) is 9.40. The first kappa shape index (κ1) is 15.2. The van der Waals surface area contributed by atoms with Gasteiger partial charge in [-0.1, -0.05) is 0 Å². The molecule has 0 saturated carbocycles. The van der Waals surface area contributed by atoms with Gasteiger partial charge in [0.25, 0.3) is 0 Å². The number of nitrogens with zero attached hydrogens (tertiary/aromatic N) is 3. The maximum absolute atomic E-state index is 11.2. The van der Waals surface area contributed by atoms with E-state index in [1.165, 1.54) is 17.4 Å². The second-order valence-electron chi connectivity index (χ2n) is 5.39. The average molecular weight is 299 g/mol. The molecule has 1 N–H and O–H groups in total. The Hall–Kier alpha value is -1.18.